The molecule has 0 saturated heterocycles. The van der Waals surface area contributed by atoms with Gasteiger partial charge in [0, 0.05) is 5.56 Å². The van der Waals surface area contributed by atoms with E-state index < -0.39 is 41.6 Å². The van der Waals surface area contributed by atoms with Gasteiger partial charge in [0.15, 0.2) is 0 Å². The second kappa shape index (κ2) is 10.2. The molecule has 0 aliphatic rings. The molecule has 9 heteroatoms. The van der Waals surface area contributed by atoms with Crippen LogP contribution in [0.1, 0.15) is 48.8 Å². The Morgan fingerprint density at radius 3 is 2.16 bits per heavy atom. The minimum atomic E-state index is -4.67. The summed E-state index contributed by atoms with van der Waals surface area (Å²) in [4.78, 5) is 23.9. The molecule has 0 aliphatic carbocycles. The van der Waals surface area contributed by atoms with Crippen LogP contribution in [-0.2, 0) is 9.59 Å². The first-order valence-corrected chi connectivity index (χ1v) is 10.0. The van der Waals surface area contributed by atoms with Gasteiger partial charge in [-0.05, 0) is 29.2 Å². The molecule has 2 N–H and O–H groups in total. The molecule has 1 amide bonds. The van der Waals surface area contributed by atoms with E-state index in [1.165, 1.54) is 36.4 Å². The Labute approximate surface area is 187 Å². The third-order valence-corrected chi connectivity index (χ3v) is 5.51. The molecule has 0 bridgehead atoms. The van der Waals surface area contributed by atoms with E-state index in [9.17, 15) is 27.2 Å². The standard InChI is InChI=1S/C23H22ClF4NO3/c1-12(10-20(30)31)17-8-9-18(24)19(11-17)29-22(32)21(13(2)23(26,27)28)16-6-4-15(5-7-16)14(3)25/h4-9,11-13,21H,3,10H2,1-2H3,(H,29,32)(H,30,31)/t12?,13-,21+/m1/s1. The maximum absolute atomic E-state index is 13.5. The maximum atomic E-state index is 13.5. The number of hydrogen-bond acceptors (Lipinski definition) is 2. The van der Waals surface area contributed by atoms with E-state index in [1.54, 1.807) is 13.0 Å². The lowest BCUT2D eigenvalue weighted by molar-refractivity contribution is -0.178. The topological polar surface area (TPSA) is 66.4 Å². The van der Waals surface area contributed by atoms with Gasteiger partial charge in [-0.2, -0.15) is 13.2 Å². The number of halogens is 5. The van der Waals surface area contributed by atoms with Gasteiger partial charge in [-0.3, -0.25) is 9.59 Å². The fourth-order valence-electron chi connectivity index (χ4n) is 3.26. The highest BCUT2D eigenvalue weighted by Gasteiger charge is 2.45. The van der Waals surface area contributed by atoms with Crippen LogP contribution in [0.25, 0.3) is 5.83 Å². The normalized spacial score (nSPS) is 14.3. The molecule has 3 atom stereocenters. The number of carboxylic acids is 1. The Morgan fingerprint density at radius 2 is 1.66 bits per heavy atom. The van der Waals surface area contributed by atoms with Crippen molar-refractivity contribution in [3.8, 4) is 0 Å². The predicted octanol–water partition coefficient (Wildman–Crippen LogP) is 6.78. The van der Waals surface area contributed by atoms with Gasteiger partial charge in [-0.25, -0.2) is 4.39 Å². The minimum absolute atomic E-state index is 0.0452. The number of amides is 1. The Balaban J connectivity index is 2.40. The smallest absolute Gasteiger partial charge is 0.392 e. The number of anilines is 1. The first-order chi connectivity index (χ1) is 14.8. The number of carbonyl (C=O) groups excluding carboxylic acids is 1. The maximum Gasteiger partial charge on any atom is 0.392 e. The Kier molecular flexibility index (Phi) is 8.07. The highest BCUT2D eigenvalue weighted by molar-refractivity contribution is 6.33. The summed E-state index contributed by atoms with van der Waals surface area (Å²) in [6.07, 6.45) is -4.85. The SMILES string of the molecule is C=C(F)c1ccc([C@@H](C(=O)Nc2cc(C(C)CC(=O)O)ccc2Cl)[C@@H](C)C(F)(F)F)cc1. The number of aliphatic carboxylic acids is 1. The van der Waals surface area contributed by atoms with Gasteiger partial charge >= 0.3 is 12.1 Å². The number of carbonyl (C=O) groups is 2. The van der Waals surface area contributed by atoms with E-state index in [0.717, 1.165) is 6.92 Å². The first kappa shape index (κ1) is 25.4. The summed E-state index contributed by atoms with van der Waals surface area (Å²) in [5.41, 5.74) is 0.762. The van der Waals surface area contributed by atoms with Gasteiger partial charge in [0.25, 0.3) is 0 Å². The van der Waals surface area contributed by atoms with Crippen LogP contribution in [0.5, 0.6) is 0 Å². The van der Waals surface area contributed by atoms with Crippen LogP contribution in [0.2, 0.25) is 5.02 Å². The third kappa shape index (κ3) is 6.32. The van der Waals surface area contributed by atoms with Crippen molar-refractivity contribution in [2.45, 2.75) is 38.3 Å². The molecule has 0 fully saturated rings. The average Bonchev–Trinajstić information content (AvgIpc) is 2.68. The highest BCUT2D eigenvalue weighted by Crippen LogP contribution is 2.39. The third-order valence-electron chi connectivity index (χ3n) is 5.18. The highest BCUT2D eigenvalue weighted by atomic mass is 35.5. The van der Waals surface area contributed by atoms with Gasteiger partial charge in [0.2, 0.25) is 5.91 Å². The summed E-state index contributed by atoms with van der Waals surface area (Å²) in [6.45, 7) is 5.69. The molecule has 172 valence electrons. The van der Waals surface area contributed by atoms with Crippen molar-refractivity contribution in [3.63, 3.8) is 0 Å². The van der Waals surface area contributed by atoms with E-state index in [-0.39, 0.29) is 28.3 Å². The quantitative estimate of drug-likeness (QED) is 0.417. The molecular weight excluding hydrogens is 450 g/mol. The molecule has 2 aromatic carbocycles. The molecule has 4 nitrogen and oxygen atoms in total. The molecule has 0 saturated carbocycles. The van der Waals surface area contributed by atoms with Crippen molar-refractivity contribution in [2.75, 3.05) is 5.32 Å². The lowest BCUT2D eigenvalue weighted by Gasteiger charge is -2.26. The second-order valence-corrected chi connectivity index (χ2v) is 7.97. The summed E-state index contributed by atoms with van der Waals surface area (Å²) in [5, 5.41) is 11.5. The number of benzene rings is 2. The van der Waals surface area contributed by atoms with Crippen molar-refractivity contribution >= 4 is 35.0 Å². The van der Waals surface area contributed by atoms with E-state index >= 15 is 0 Å². The van der Waals surface area contributed by atoms with Crippen molar-refractivity contribution in [1.82, 2.24) is 0 Å². The van der Waals surface area contributed by atoms with Crippen molar-refractivity contribution in [1.29, 1.82) is 0 Å². The summed E-state index contributed by atoms with van der Waals surface area (Å²) in [5.74, 6) is -6.81. The zero-order valence-electron chi connectivity index (χ0n) is 17.3. The van der Waals surface area contributed by atoms with Crippen LogP contribution >= 0.6 is 11.6 Å². The molecule has 0 aromatic heterocycles. The van der Waals surface area contributed by atoms with E-state index in [4.69, 9.17) is 16.7 Å². The lowest BCUT2D eigenvalue weighted by Crippen LogP contribution is -2.34. The molecule has 0 heterocycles. The first-order valence-electron chi connectivity index (χ1n) is 9.64. The summed E-state index contributed by atoms with van der Waals surface area (Å²) in [6, 6.07) is 9.47. The van der Waals surface area contributed by atoms with E-state index in [2.05, 4.69) is 11.9 Å². The number of nitrogens with one attached hydrogen (secondary N) is 1. The van der Waals surface area contributed by atoms with Gasteiger partial charge in [0.1, 0.15) is 5.83 Å². The van der Waals surface area contributed by atoms with Crippen LogP contribution < -0.4 is 5.32 Å². The van der Waals surface area contributed by atoms with Gasteiger partial charge in [-0.1, -0.05) is 62.4 Å². The Hall–Kier alpha value is -2.87. The van der Waals surface area contributed by atoms with Crippen molar-refractivity contribution < 1.29 is 32.3 Å². The summed E-state index contributed by atoms with van der Waals surface area (Å²) < 4.78 is 53.9. The number of carboxylic acid groups (broad SMARTS) is 1. The average molecular weight is 472 g/mol. The van der Waals surface area contributed by atoms with Crippen molar-refractivity contribution in [2.24, 2.45) is 5.92 Å². The van der Waals surface area contributed by atoms with E-state index in [0.29, 0.717) is 5.56 Å². The molecule has 2 rings (SSSR count). The second-order valence-electron chi connectivity index (χ2n) is 7.56. The fourth-order valence-corrected chi connectivity index (χ4v) is 3.43. The van der Waals surface area contributed by atoms with Crippen LogP contribution in [0.4, 0.5) is 23.2 Å². The lowest BCUT2D eigenvalue weighted by atomic mass is 9.85. The fraction of sp³-hybridized carbons (Fsp3) is 0.304. The molecule has 0 radical (unpaired) electrons. The number of hydrogen-bond donors (Lipinski definition) is 2. The molecule has 2 aromatic rings. The summed E-state index contributed by atoms with van der Waals surface area (Å²) in [7, 11) is 0. The monoisotopic (exact) mass is 471 g/mol. The molecular formula is C23H22ClF4NO3. The van der Waals surface area contributed by atoms with Gasteiger partial charge in [0.05, 0.1) is 29.0 Å². The van der Waals surface area contributed by atoms with Crippen LogP contribution in [0.3, 0.4) is 0 Å². The van der Waals surface area contributed by atoms with Crippen LogP contribution in [-0.4, -0.2) is 23.2 Å². The molecule has 0 spiro atoms. The van der Waals surface area contributed by atoms with Gasteiger partial charge in [-0.15, -0.1) is 0 Å². The Bertz CT molecular complexity index is 1010. The summed E-state index contributed by atoms with van der Waals surface area (Å²) >= 11 is 6.12. The predicted molar refractivity (Wildman–Crippen MR) is 115 cm³/mol. The van der Waals surface area contributed by atoms with Crippen LogP contribution in [0.15, 0.2) is 49.0 Å². The number of alkyl halides is 3. The zero-order chi connectivity index (χ0) is 24.2. The molecule has 0 aliphatic heterocycles. The van der Waals surface area contributed by atoms with Crippen LogP contribution in [0, 0.1) is 5.92 Å². The molecule has 32 heavy (non-hydrogen) atoms. The van der Waals surface area contributed by atoms with Gasteiger partial charge < -0.3 is 10.4 Å². The zero-order valence-corrected chi connectivity index (χ0v) is 18.1. The molecule has 1 unspecified atom stereocenters. The van der Waals surface area contributed by atoms with Crippen molar-refractivity contribution in [3.05, 3.63) is 70.8 Å². The Morgan fingerprint density at radius 1 is 1.09 bits per heavy atom. The van der Waals surface area contributed by atoms with E-state index in [1.807, 2.05) is 0 Å². The minimum Gasteiger partial charge on any atom is -0.481 e. The largest absolute Gasteiger partial charge is 0.481 e. The number of rotatable bonds is 8.